The molecule has 0 aliphatic carbocycles. The number of carbonyl (C=O) groups excluding carboxylic acids is 1. The zero-order chi connectivity index (χ0) is 16.9. The number of H-pyrrole nitrogens is 1. The lowest BCUT2D eigenvalue weighted by atomic mass is 10.1. The topological polar surface area (TPSA) is 80.4 Å². The van der Waals surface area contributed by atoms with Crippen LogP contribution in [0.25, 0.3) is 10.9 Å². The molecule has 6 nitrogen and oxygen atoms in total. The quantitative estimate of drug-likeness (QED) is 0.795. The number of pyridine rings is 1. The van der Waals surface area contributed by atoms with Gasteiger partial charge >= 0.3 is 0 Å². The summed E-state index contributed by atoms with van der Waals surface area (Å²) in [5, 5.41) is 3.74. The Morgan fingerprint density at radius 3 is 2.71 bits per heavy atom. The number of aromatic nitrogens is 1. The fourth-order valence-electron chi connectivity index (χ4n) is 2.71. The van der Waals surface area contributed by atoms with Crippen molar-refractivity contribution in [2.75, 3.05) is 19.8 Å². The molecule has 6 heteroatoms. The van der Waals surface area contributed by atoms with Gasteiger partial charge in [0.15, 0.2) is 11.5 Å². The molecule has 128 valence electrons. The number of rotatable bonds is 6. The number of aromatic amines is 1. The monoisotopic (exact) mass is 330 g/mol. The van der Waals surface area contributed by atoms with Crippen LogP contribution in [0.1, 0.15) is 31.7 Å². The zero-order valence-electron chi connectivity index (χ0n) is 13.8. The van der Waals surface area contributed by atoms with Crippen LogP contribution in [0.2, 0.25) is 0 Å². The van der Waals surface area contributed by atoms with E-state index in [2.05, 4.69) is 17.2 Å². The van der Waals surface area contributed by atoms with Crippen molar-refractivity contribution < 1.29 is 14.3 Å². The summed E-state index contributed by atoms with van der Waals surface area (Å²) in [5.41, 5.74) is 1.14. The van der Waals surface area contributed by atoms with Gasteiger partial charge in [0.2, 0.25) is 5.91 Å². The Labute approximate surface area is 140 Å². The van der Waals surface area contributed by atoms with Crippen LogP contribution in [0.4, 0.5) is 0 Å². The lowest BCUT2D eigenvalue weighted by molar-refractivity contribution is -0.121. The van der Waals surface area contributed by atoms with Crippen LogP contribution in [0.5, 0.6) is 11.5 Å². The Balaban J connectivity index is 1.75. The molecule has 0 radical (unpaired) electrons. The van der Waals surface area contributed by atoms with Crippen molar-refractivity contribution in [3.8, 4) is 11.5 Å². The van der Waals surface area contributed by atoms with Crippen molar-refractivity contribution in [1.29, 1.82) is 0 Å². The van der Waals surface area contributed by atoms with Crippen molar-refractivity contribution in [3.63, 3.8) is 0 Å². The Hall–Kier alpha value is -2.50. The first-order valence-corrected chi connectivity index (χ1v) is 8.39. The minimum absolute atomic E-state index is 0.0230. The summed E-state index contributed by atoms with van der Waals surface area (Å²) in [6.45, 7) is 3.79. The minimum atomic E-state index is -0.166. The second-order valence-corrected chi connectivity index (χ2v) is 5.91. The highest BCUT2D eigenvalue weighted by molar-refractivity contribution is 5.83. The molecule has 2 heterocycles. The Morgan fingerprint density at radius 2 is 1.96 bits per heavy atom. The van der Waals surface area contributed by atoms with Crippen molar-refractivity contribution in [3.05, 3.63) is 34.1 Å². The number of carbonyl (C=O) groups is 1. The molecule has 24 heavy (non-hydrogen) atoms. The molecule has 1 amide bonds. The Kier molecular flexibility index (Phi) is 5.03. The molecule has 3 rings (SSSR count). The third kappa shape index (κ3) is 3.69. The maximum atomic E-state index is 12.2. The average molecular weight is 330 g/mol. The molecule has 0 unspecified atom stereocenters. The number of ether oxygens (including phenoxy) is 2. The molecule has 0 saturated heterocycles. The van der Waals surface area contributed by atoms with Crippen molar-refractivity contribution in [1.82, 2.24) is 10.3 Å². The van der Waals surface area contributed by atoms with Gasteiger partial charge < -0.3 is 19.8 Å². The second kappa shape index (κ2) is 7.38. The standard InChI is InChI=1S/C18H22N2O4/c1-2-3-6-19-17(21)5-4-12-9-13-10-15-16(24-8-7-23-15)11-14(13)20-18(12)22/h9-11H,2-8H2,1H3,(H,19,21)(H,20,22). The third-order valence-corrected chi connectivity index (χ3v) is 4.06. The predicted molar refractivity (Wildman–Crippen MR) is 91.8 cm³/mol. The van der Waals surface area contributed by atoms with Crippen molar-refractivity contribution in [2.45, 2.75) is 32.6 Å². The number of aryl methyl sites for hydroxylation is 1. The van der Waals surface area contributed by atoms with E-state index in [-0.39, 0.29) is 11.5 Å². The molecule has 0 atom stereocenters. The smallest absolute Gasteiger partial charge is 0.251 e. The van der Waals surface area contributed by atoms with Crippen LogP contribution in [0.15, 0.2) is 23.0 Å². The highest BCUT2D eigenvalue weighted by Gasteiger charge is 2.14. The zero-order valence-corrected chi connectivity index (χ0v) is 13.8. The second-order valence-electron chi connectivity index (χ2n) is 5.91. The van der Waals surface area contributed by atoms with E-state index in [0.29, 0.717) is 55.2 Å². The highest BCUT2D eigenvalue weighted by atomic mass is 16.6. The number of hydrogen-bond acceptors (Lipinski definition) is 4. The summed E-state index contributed by atoms with van der Waals surface area (Å²) in [4.78, 5) is 26.9. The molecular formula is C18H22N2O4. The number of hydrogen-bond donors (Lipinski definition) is 2. The van der Waals surface area contributed by atoms with E-state index >= 15 is 0 Å². The van der Waals surface area contributed by atoms with E-state index in [1.165, 1.54) is 0 Å². The minimum Gasteiger partial charge on any atom is -0.486 e. The summed E-state index contributed by atoms with van der Waals surface area (Å²) in [6, 6.07) is 5.47. The number of amides is 1. The maximum Gasteiger partial charge on any atom is 0.251 e. The molecule has 0 saturated carbocycles. The van der Waals surface area contributed by atoms with Crippen LogP contribution >= 0.6 is 0 Å². The van der Waals surface area contributed by atoms with Crippen molar-refractivity contribution in [2.24, 2.45) is 0 Å². The van der Waals surface area contributed by atoms with Gasteiger partial charge in [-0.1, -0.05) is 13.3 Å². The molecule has 1 aliphatic heterocycles. The van der Waals surface area contributed by atoms with E-state index in [1.807, 2.05) is 12.1 Å². The van der Waals surface area contributed by atoms with E-state index in [0.717, 1.165) is 18.2 Å². The average Bonchev–Trinajstić information content (AvgIpc) is 2.58. The van der Waals surface area contributed by atoms with Gasteiger partial charge in [-0.15, -0.1) is 0 Å². The van der Waals surface area contributed by atoms with E-state index in [1.54, 1.807) is 6.07 Å². The van der Waals surface area contributed by atoms with E-state index in [9.17, 15) is 9.59 Å². The molecule has 2 N–H and O–H groups in total. The van der Waals surface area contributed by atoms with Gasteiger partial charge in [0.1, 0.15) is 13.2 Å². The molecule has 1 aromatic carbocycles. The van der Waals surface area contributed by atoms with Crippen molar-refractivity contribution >= 4 is 16.8 Å². The van der Waals surface area contributed by atoms with Gasteiger partial charge in [-0.3, -0.25) is 9.59 Å². The molecule has 0 bridgehead atoms. The maximum absolute atomic E-state index is 12.2. The number of benzene rings is 1. The summed E-state index contributed by atoms with van der Waals surface area (Å²) in [7, 11) is 0. The fourth-order valence-corrected chi connectivity index (χ4v) is 2.71. The summed E-state index contributed by atoms with van der Waals surface area (Å²) in [6.07, 6.45) is 2.73. The number of fused-ring (bicyclic) bond motifs is 2. The molecule has 0 spiro atoms. The Bertz CT molecular complexity index is 797. The highest BCUT2D eigenvalue weighted by Crippen LogP contribution is 2.33. The van der Waals surface area contributed by atoms with Crippen LogP contribution in [-0.4, -0.2) is 30.6 Å². The lowest BCUT2D eigenvalue weighted by Crippen LogP contribution is -2.25. The Morgan fingerprint density at radius 1 is 1.21 bits per heavy atom. The summed E-state index contributed by atoms with van der Waals surface area (Å²) >= 11 is 0. The fraction of sp³-hybridized carbons (Fsp3) is 0.444. The van der Waals surface area contributed by atoms with Gasteiger partial charge in [-0.25, -0.2) is 0 Å². The van der Waals surface area contributed by atoms with Gasteiger partial charge in [0, 0.05) is 30.0 Å². The molecule has 1 aromatic heterocycles. The van der Waals surface area contributed by atoms with Gasteiger partial charge in [-0.05, 0) is 25.0 Å². The summed E-state index contributed by atoms with van der Waals surface area (Å²) in [5.74, 6) is 1.31. The third-order valence-electron chi connectivity index (χ3n) is 4.06. The number of unbranched alkanes of at least 4 members (excludes halogenated alkanes) is 1. The SMILES string of the molecule is CCCCNC(=O)CCc1cc2cc3c(cc2[nH]c1=O)OCCO3. The molecule has 1 aliphatic rings. The van der Waals surface area contributed by atoms with Gasteiger partial charge in [-0.2, -0.15) is 0 Å². The normalized spacial score (nSPS) is 13.0. The first-order valence-electron chi connectivity index (χ1n) is 8.39. The van der Waals surface area contributed by atoms with Crippen LogP contribution in [-0.2, 0) is 11.2 Å². The lowest BCUT2D eigenvalue weighted by Gasteiger charge is -2.18. The van der Waals surface area contributed by atoms with E-state index in [4.69, 9.17) is 9.47 Å². The first-order chi connectivity index (χ1) is 11.7. The molecule has 0 fully saturated rings. The van der Waals surface area contributed by atoms with Gasteiger partial charge in [0.05, 0.1) is 5.52 Å². The van der Waals surface area contributed by atoms with E-state index < -0.39 is 0 Å². The van der Waals surface area contributed by atoms with Crippen LogP contribution < -0.4 is 20.3 Å². The molecular weight excluding hydrogens is 308 g/mol. The van der Waals surface area contributed by atoms with Crippen LogP contribution in [0.3, 0.4) is 0 Å². The van der Waals surface area contributed by atoms with Crippen LogP contribution in [0, 0.1) is 0 Å². The summed E-state index contributed by atoms with van der Waals surface area (Å²) < 4.78 is 11.1. The number of nitrogens with one attached hydrogen (secondary N) is 2. The predicted octanol–water partition coefficient (Wildman–Crippen LogP) is 2.15. The largest absolute Gasteiger partial charge is 0.486 e. The molecule has 2 aromatic rings. The van der Waals surface area contributed by atoms with Gasteiger partial charge in [0.25, 0.3) is 5.56 Å². The first kappa shape index (κ1) is 16.4.